The maximum Gasteiger partial charge on any atom is 0.407 e. The molecule has 1 heterocycles. The molecule has 1 aliphatic carbocycles. The zero-order valence-electron chi connectivity index (χ0n) is 22.3. The summed E-state index contributed by atoms with van der Waals surface area (Å²) >= 11 is 0. The minimum atomic E-state index is -0.708. The van der Waals surface area contributed by atoms with Crippen LogP contribution in [-0.2, 0) is 19.1 Å². The number of benzene rings is 2. The van der Waals surface area contributed by atoms with Gasteiger partial charge in [-0.1, -0.05) is 62.4 Å². The molecule has 0 spiro atoms. The van der Waals surface area contributed by atoms with E-state index in [9.17, 15) is 14.4 Å². The number of fused-ring (bicyclic) bond motifs is 3. The molecule has 212 valence electrons. The largest absolute Gasteiger partial charge is 0.449 e. The van der Waals surface area contributed by atoms with Crippen molar-refractivity contribution in [2.75, 3.05) is 19.8 Å². The molecule has 2 aromatic rings. The van der Waals surface area contributed by atoms with Crippen LogP contribution in [0.1, 0.15) is 56.6 Å². The monoisotopic (exact) mass is 533 g/mol. The molecule has 0 unspecified atom stereocenters. The number of rotatable bonds is 7. The van der Waals surface area contributed by atoms with Gasteiger partial charge in [0.15, 0.2) is 0 Å². The van der Waals surface area contributed by atoms with Crippen molar-refractivity contribution in [2.24, 2.45) is 17.2 Å². The highest BCUT2D eigenvalue weighted by atomic mass is 16.5. The van der Waals surface area contributed by atoms with E-state index in [-0.39, 0.29) is 24.2 Å². The summed E-state index contributed by atoms with van der Waals surface area (Å²) in [5.41, 5.74) is 19.8. The van der Waals surface area contributed by atoms with E-state index in [1.54, 1.807) is 6.92 Å². The number of hydrogen-bond donors (Lipinski definition) is 5. The highest BCUT2D eigenvalue weighted by molar-refractivity contribution is 5.84. The number of primary amides is 2. The van der Waals surface area contributed by atoms with Gasteiger partial charge < -0.3 is 43.6 Å². The molecule has 0 radical (unpaired) electrons. The van der Waals surface area contributed by atoms with Crippen molar-refractivity contribution >= 4 is 17.9 Å². The summed E-state index contributed by atoms with van der Waals surface area (Å²) in [5.74, 6) is -0.995. The number of ether oxygens (including phenoxy) is 2. The van der Waals surface area contributed by atoms with Crippen LogP contribution in [-0.4, -0.2) is 55.3 Å². The standard InChI is InChI=1S/C19H20N2O3.C4H10N2O.C4H8O.H3N.H2O/c1-2-17(18(20)22)21-19(23)24-11-16-14-9-5-3-7-12(14)13-8-4-6-10-15(13)16;1-2-3(5)4(6)7;1-2-4-5-3-1;;/h3-10,16-17H,2,11H2,1H3,(H2,20,22)(H,21,23);3H,2,5H2,1H3,(H2,6,7);1-4H2;1H3;1H2/t17-;3-;;;/m11.../s1. The third kappa shape index (κ3) is 10.1. The molecule has 2 aliphatic rings. The van der Waals surface area contributed by atoms with Crippen LogP contribution in [0.15, 0.2) is 48.5 Å². The summed E-state index contributed by atoms with van der Waals surface area (Å²) in [4.78, 5) is 33.2. The van der Waals surface area contributed by atoms with Gasteiger partial charge in [0.1, 0.15) is 12.6 Å². The van der Waals surface area contributed by atoms with Gasteiger partial charge in [0, 0.05) is 19.1 Å². The van der Waals surface area contributed by atoms with E-state index in [1.807, 2.05) is 31.2 Å². The third-order valence-electron chi connectivity index (χ3n) is 6.02. The Bertz CT molecular complexity index is 962. The SMILES string of the molecule is C1CCOC1.CC[C@@H](N)C(N)=O.CC[C@@H](NC(=O)OCC1c2ccccc2-c2ccccc21)C(N)=O.N.O. The highest BCUT2D eigenvalue weighted by Gasteiger charge is 2.29. The molecule has 1 saturated heterocycles. The average molecular weight is 534 g/mol. The van der Waals surface area contributed by atoms with Crippen LogP contribution in [0.2, 0.25) is 0 Å². The van der Waals surface area contributed by atoms with Crippen molar-refractivity contribution < 1.29 is 29.3 Å². The number of amides is 3. The minimum Gasteiger partial charge on any atom is -0.449 e. The predicted octanol–water partition coefficient (Wildman–Crippen LogP) is 2.13. The van der Waals surface area contributed by atoms with Crippen LogP contribution in [0.25, 0.3) is 11.1 Å². The Labute approximate surface area is 224 Å². The number of carbonyl (C=O) groups excluding carboxylic acids is 3. The van der Waals surface area contributed by atoms with E-state index in [0.29, 0.717) is 12.8 Å². The van der Waals surface area contributed by atoms with Crippen molar-refractivity contribution in [1.29, 1.82) is 0 Å². The molecule has 12 N–H and O–H groups in total. The predicted molar refractivity (Wildman–Crippen MR) is 148 cm³/mol. The summed E-state index contributed by atoms with van der Waals surface area (Å²) in [5, 5.41) is 2.50. The first kappa shape index (κ1) is 34.5. The van der Waals surface area contributed by atoms with Crippen LogP contribution < -0.4 is 28.7 Å². The van der Waals surface area contributed by atoms with E-state index in [2.05, 4.69) is 29.6 Å². The zero-order chi connectivity index (χ0) is 26.5. The van der Waals surface area contributed by atoms with Gasteiger partial charge in [0.25, 0.3) is 0 Å². The van der Waals surface area contributed by atoms with Crippen molar-refractivity contribution in [1.82, 2.24) is 11.5 Å². The fraction of sp³-hybridized carbons (Fsp3) is 0.444. The molecule has 2 atom stereocenters. The summed E-state index contributed by atoms with van der Waals surface area (Å²) in [7, 11) is 0. The number of alkyl carbamates (subject to hydrolysis) is 1. The summed E-state index contributed by atoms with van der Waals surface area (Å²) in [6.07, 6.45) is 2.98. The van der Waals surface area contributed by atoms with Gasteiger partial charge in [-0.05, 0) is 47.9 Å². The van der Waals surface area contributed by atoms with E-state index < -0.39 is 30.0 Å². The Morgan fingerprint density at radius 1 is 0.921 bits per heavy atom. The van der Waals surface area contributed by atoms with Crippen molar-refractivity contribution in [3.63, 3.8) is 0 Å². The molecule has 11 heteroatoms. The molecular weight excluding hydrogens is 490 g/mol. The maximum atomic E-state index is 12.0. The molecule has 1 fully saturated rings. The van der Waals surface area contributed by atoms with Crippen LogP contribution in [0.3, 0.4) is 0 Å². The van der Waals surface area contributed by atoms with Crippen LogP contribution >= 0.6 is 0 Å². The molecule has 11 nitrogen and oxygen atoms in total. The third-order valence-corrected chi connectivity index (χ3v) is 6.02. The molecule has 3 amide bonds. The van der Waals surface area contributed by atoms with E-state index in [0.717, 1.165) is 24.3 Å². The van der Waals surface area contributed by atoms with Gasteiger partial charge in [-0.2, -0.15) is 0 Å². The molecular formula is C27H43N5O6. The normalized spacial score (nSPS) is 14.3. The second kappa shape index (κ2) is 17.9. The van der Waals surface area contributed by atoms with Gasteiger partial charge >= 0.3 is 6.09 Å². The first-order chi connectivity index (χ1) is 17.3. The van der Waals surface area contributed by atoms with Crippen molar-refractivity contribution in [2.45, 2.75) is 57.5 Å². The quantitative estimate of drug-likeness (QED) is 0.356. The van der Waals surface area contributed by atoms with E-state index >= 15 is 0 Å². The lowest BCUT2D eigenvalue weighted by atomic mass is 9.98. The van der Waals surface area contributed by atoms with Crippen molar-refractivity contribution in [3.05, 3.63) is 59.7 Å². The van der Waals surface area contributed by atoms with Gasteiger partial charge in [0.2, 0.25) is 11.8 Å². The van der Waals surface area contributed by atoms with Crippen LogP contribution in [0.4, 0.5) is 4.79 Å². The summed E-state index contributed by atoms with van der Waals surface area (Å²) in [6, 6.07) is 15.1. The minimum absolute atomic E-state index is 0. The lowest BCUT2D eigenvalue weighted by molar-refractivity contribution is -0.120. The van der Waals surface area contributed by atoms with Gasteiger partial charge in [-0.15, -0.1) is 0 Å². The lowest BCUT2D eigenvalue weighted by Gasteiger charge is -2.17. The second-order valence-electron chi connectivity index (χ2n) is 8.57. The average Bonchev–Trinajstić information content (AvgIpc) is 3.56. The molecule has 4 rings (SSSR count). The first-order valence-electron chi connectivity index (χ1n) is 12.3. The van der Waals surface area contributed by atoms with Gasteiger partial charge in [0.05, 0.1) is 6.04 Å². The number of nitrogens with two attached hydrogens (primary N) is 3. The van der Waals surface area contributed by atoms with Crippen LogP contribution in [0.5, 0.6) is 0 Å². The Kier molecular flexibility index (Phi) is 16.2. The zero-order valence-corrected chi connectivity index (χ0v) is 22.3. The van der Waals surface area contributed by atoms with Crippen molar-refractivity contribution in [3.8, 4) is 11.1 Å². The molecule has 0 aromatic heterocycles. The number of carbonyl (C=O) groups is 3. The molecule has 0 bridgehead atoms. The fourth-order valence-electron chi connectivity index (χ4n) is 3.87. The van der Waals surface area contributed by atoms with E-state index in [1.165, 1.54) is 24.0 Å². The number of nitrogens with one attached hydrogen (secondary N) is 1. The molecule has 2 aromatic carbocycles. The molecule has 0 saturated carbocycles. The van der Waals surface area contributed by atoms with Gasteiger partial charge in [-0.25, -0.2) is 4.79 Å². The Balaban J connectivity index is 0.000000815. The Hall–Kier alpha value is -3.51. The number of hydrogen-bond acceptors (Lipinski definition) is 7. The van der Waals surface area contributed by atoms with E-state index in [4.69, 9.17) is 26.7 Å². The van der Waals surface area contributed by atoms with Crippen LogP contribution in [0, 0.1) is 0 Å². The highest BCUT2D eigenvalue weighted by Crippen LogP contribution is 2.44. The Morgan fingerprint density at radius 2 is 1.42 bits per heavy atom. The Morgan fingerprint density at radius 3 is 1.76 bits per heavy atom. The first-order valence-corrected chi connectivity index (χ1v) is 12.3. The fourth-order valence-corrected chi connectivity index (χ4v) is 3.87. The second-order valence-corrected chi connectivity index (χ2v) is 8.57. The summed E-state index contributed by atoms with van der Waals surface area (Å²) in [6.45, 7) is 5.81. The lowest BCUT2D eigenvalue weighted by Crippen LogP contribution is -2.44. The maximum absolute atomic E-state index is 12.0. The molecule has 1 aliphatic heterocycles. The molecule has 38 heavy (non-hydrogen) atoms. The topological polar surface area (TPSA) is 226 Å². The smallest absolute Gasteiger partial charge is 0.407 e. The summed E-state index contributed by atoms with van der Waals surface area (Å²) < 4.78 is 10.3. The van der Waals surface area contributed by atoms with Gasteiger partial charge in [-0.3, -0.25) is 9.59 Å².